The topological polar surface area (TPSA) is 45.5 Å². The van der Waals surface area contributed by atoms with Crippen LogP contribution in [0.25, 0.3) is 0 Å². The number of rotatable bonds is 1. The van der Waals surface area contributed by atoms with Crippen LogP contribution < -0.4 is 5.32 Å². The van der Waals surface area contributed by atoms with Crippen LogP contribution in [0.2, 0.25) is 5.02 Å². The quantitative estimate of drug-likeness (QED) is 0.855. The minimum Gasteiger partial charge on any atom is -0.472 e. The molecule has 2 aromatic rings. The summed E-state index contributed by atoms with van der Waals surface area (Å²) in [5, 5.41) is 3.47. The first-order valence-corrected chi connectivity index (χ1v) is 5.90. The molecule has 2 heterocycles. The van der Waals surface area contributed by atoms with E-state index in [9.17, 15) is 4.79 Å². The average Bonchev–Trinajstić information content (AvgIpc) is 2.85. The molecule has 1 atom stereocenters. The number of benzene rings is 1. The van der Waals surface area contributed by atoms with Gasteiger partial charge in [-0.25, -0.2) is 4.79 Å². The zero-order chi connectivity index (χ0) is 12.7. The summed E-state index contributed by atoms with van der Waals surface area (Å²) in [5.41, 5.74) is 2.68. The largest absolute Gasteiger partial charge is 0.472 e. The number of hydrogen-bond acceptors (Lipinski definition) is 2. The Balaban J connectivity index is 2.18. The number of fused-ring (bicyclic) bond motifs is 1. The molecule has 18 heavy (non-hydrogen) atoms. The zero-order valence-corrected chi connectivity index (χ0v) is 10.4. The van der Waals surface area contributed by atoms with Crippen molar-refractivity contribution in [3.05, 3.63) is 52.9 Å². The predicted molar refractivity (Wildman–Crippen MR) is 68.8 cm³/mol. The summed E-state index contributed by atoms with van der Waals surface area (Å²) < 4.78 is 5.11. The van der Waals surface area contributed by atoms with Gasteiger partial charge in [0.15, 0.2) is 0 Å². The van der Waals surface area contributed by atoms with Gasteiger partial charge in [0.05, 0.1) is 18.6 Å². The van der Waals surface area contributed by atoms with Gasteiger partial charge in [0.2, 0.25) is 0 Å². The number of carbonyl (C=O) groups excluding carboxylic acids is 1. The highest BCUT2D eigenvalue weighted by atomic mass is 35.5. The number of hydrogen-bond donors (Lipinski definition) is 1. The van der Waals surface area contributed by atoms with E-state index in [1.807, 2.05) is 18.2 Å². The molecule has 92 valence electrons. The van der Waals surface area contributed by atoms with Crippen LogP contribution in [0.5, 0.6) is 0 Å². The van der Waals surface area contributed by atoms with Crippen molar-refractivity contribution in [3.63, 3.8) is 0 Å². The van der Waals surface area contributed by atoms with E-state index in [1.165, 1.54) is 0 Å². The van der Waals surface area contributed by atoms with Gasteiger partial charge in [-0.1, -0.05) is 11.6 Å². The molecule has 5 heteroatoms. The average molecular weight is 263 g/mol. The maximum absolute atomic E-state index is 11.9. The molecule has 1 aliphatic rings. The van der Waals surface area contributed by atoms with E-state index >= 15 is 0 Å². The second kappa shape index (κ2) is 4.07. The van der Waals surface area contributed by atoms with E-state index in [4.69, 9.17) is 16.0 Å². The Morgan fingerprint density at radius 3 is 2.94 bits per heavy atom. The van der Waals surface area contributed by atoms with Gasteiger partial charge in [0, 0.05) is 28.9 Å². The minimum absolute atomic E-state index is 0.143. The van der Waals surface area contributed by atoms with Crippen LogP contribution in [0.4, 0.5) is 10.5 Å². The van der Waals surface area contributed by atoms with Gasteiger partial charge in [0.25, 0.3) is 0 Å². The fourth-order valence-corrected chi connectivity index (χ4v) is 2.42. The van der Waals surface area contributed by atoms with Crippen LogP contribution in [-0.2, 0) is 0 Å². The van der Waals surface area contributed by atoms with Gasteiger partial charge in [0.1, 0.15) is 0 Å². The van der Waals surface area contributed by atoms with Gasteiger partial charge in [-0.05, 0) is 24.3 Å². The first-order valence-electron chi connectivity index (χ1n) is 5.52. The van der Waals surface area contributed by atoms with E-state index in [0.717, 1.165) is 16.8 Å². The number of nitrogens with one attached hydrogen (secondary N) is 1. The molecule has 2 amide bonds. The molecular weight excluding hydrogens is 252 g/mol. The van der Waals surface area contributed by atoms with Crippen LogP contribution in [0.3, 0.4) is 0 Å². The molecule has 1 aromatic carbocycles. The number of carbonyl (C=O) groups is 1. The smallest absolute Gasteiger partial charge is 0.322 e. The summed E-state index contributed by atoms with van der Waals surface area (Å²) in [6.07, 6.45) is 3.24. The van der Waals surface area contributed by atoms with Gasteiger partial charge >= 0.3 is 6.03 Å². The highest BCUT2D eigenvalue weighted by molar-refractivity contribution is 6.30. The van der Waals surface area contributed by atoms with Crippen molar-refractivity contribution in [3.8, 4) is 0 Å². The van der Waals surface area contributed by atoms with Crippen molar-refractivity contribution in [2.75, 3.05) is 12.4 Å². The number of anilines is 1. The summed E-state index contributed by atoms with van der Waals surface area (Å²) in [6, 6.07) is 6.98. The molecule has 0 radical (unpaired) electrons. The first kappa shape index (κ1) is 11.2. The molecule has 1 N–H and O–H groups in total. The molecule has 0 saturated heterocycles. The molecule has 0 bridgehead atoms. The van der Waals surface area contributed by atoms with Crippen LogP contribution >= 0.6 is 11.6 Å². The van der Waals surface area contributed by atoms with Crippen LogP contribution in [0.1, 0.15) is 17.2 Å². The third kappa shape index (κ3) is 1.66. The molecule has 1 unspecified atom stereocenters. The number of halogens is 1. The summed E-state index contributed by atoms with van der Waals surface area (Å²) in [5.74, 6) is 0. The normalized spacial score (nSPS) is 18.4. The maximum Gasteiger partial charge on any atom is 0.322 e. The molecule has 4 nitrogen and oxygen atoms in total. The summed E-state index contributed by atoms with van der Waals surface area (Å²) in [4.78, 5) is 13.5. The molecular formula is C13H11ClN2O2. The SMILES string of the molecule is CN1C(=O)Nc2ccc(Cl)cc2C1c1ccoc1. The van der Waals surface area contributed by atoms with Crippen molar-refractivity contribution >= 4 is 23.3 Å². The Bertz CT molecular complexity index is 595. The van der Waals surface area contributed by atoms with E-state index < -0.39 is 0 Å². The molecule has 3 rings (SSSR count). The molecule has 0 aliphatic carbocycles. The molecule has 0 saturated carbocycles. The lowest BCUT2D eigenvalue weighted by atomic mass is 9.96. The van der Waals surface area contributed by atoms with Crippen molar-refractivity contribution in [2.24, 2.45) is 0 Å². The fourth-order valence-electron chi connectivity index (χ4n) is 2.24. The Hall–Kier alpha value is -1.94. The summed E-state index contributed by atoms with van der Waals surface area (Å²) in [7, 11) is 1.75. The number of amides is 2. The molecule has 1 aromatic heterocycles. The first-order chi connectivity index (χ1) is 8.66. The van der Waals surface area contributed by atoms with Gasteiger partial charge in [-0.15, -0.1) is 0 Å². The number of furan rings is 1. The molecule has 0 spiro atoms. The van der Waals surface area contributed by atoms with Gasteiger partial charge in [-0.3, -0.25) is 0 Å². The van der Waals surface area contributed by atoms with Crippen molar-refractivity contribution in [2.45, 2.75) is 6.04 Å². The summed E-state index contributed by atoms with van der Waals surface area (Å²) in [6.45, 7) is 0. The highest BCUT2D eigenvalue weighted by Crippen LogP contribution is 2.38. The van der Waals surface area contributed by atoms with E-state index in [0.29, 0.717) is 5.02 Å². The van der Waals surface area contributed by atoms with Crippen LogP contribution in [0, 0.1) is 0 Å². The molecule has 0 fully saturated rings. The second-order valence-corrected chi connectivity index (χ2v) is 4.67. The van der Waals surface area contributed by atoms with Crippen molar-refractivity contribution < 1.29 is 9.21 Å². The monoisotopic (exact) mass is 262 g/mol. The lowest BCUT2D eigenvalue weighted by Gasteiger charge is -2.34. The second-order valence-electron chi connectivity index (χ2n) is 4.23. The Morgan fingerprint density at radius 2 is 2.22 bits per heavy atom. The third-order valence-electron chi connectivity index (χ3n) is 3.12. The minimum atomic E-state index is -0.175. The Labute approximate surface area is 109 Å². The van der Waals surface area contributed by atoms with Crippen LogP contribution in [0.15, 0.2) is 41.2 Å². The molecule has 1 aliphatic heterocycles. The lowest BCUT2D eigenvalue weighted by Crippen LogP contribution is -2.39. The fraction of sp³-hybridized carbons (Fsp3) is 0.154. The van der Waals surface area contributed by atoms with E-state index in [-0.39, 0.29) is 12.1 Å². The standard InChI is InChI=1S/C13H11ClN2O2/c1-16-12(8-4-5-18-7-8)10-6-9(14)2-3-11(10)15-13(16)17/h2-7,12H,1H3,(H,15,17). The van der Waals surface area contributed by atoms with E-state index in [1.54, 1.807) is 30.5 Å². The highest BCUT2D eigenvalue weighted by Gasteiger charge is 2.31. The van der Waals surface area contributed by atoms with Gasteiger partial charge in [-0.2, -0.15) is 0 Å². The lowest BCUT2D eigenvalue weighted by molar-refractivity contribution is 0.209. The third-order valence-corrected chi connectivity index (χ3v) is 3.35. The Kier molecular flexibility index (Phi) is 2.52. The number of nitrogens with zero attached hydrogens (tertiary/aromatic N) is 1. The van der Waals surface area contributed by atoms with Crippen LogP contribution in [-0.4, -0.2) is 18.0 Å². The predicted octanol–water partition coefficient (Wildman–Crippen LogP) is 3.50. The summed E-state index contributed by atoms with van der Waals surface area (Å²) >= 11 is 6.03. The zero-order valence-electron chi connectivity index (χ0n) is 9.68. The van der Waals surface area contributed by atoms with Crippen molar-refractivity contribution in [1.29, 1.82) is 0 Å². The Morgan fingerprint density at radius 1 is 1.39 bits per heavy atom. The van der Waals surface area contributed by atoms with Gasteiger partial charge < -0.3 is 14.6 Å². The van der Waals surface area contributed by atoms with Crippen molar-refractivity contribution in [1.82, 2.24) is 4.90 Å². The number of urea groups is 1. The van der Waals surface area contributed by atoms with E-state index in [2.05, 4.69) is 5.32 Å². The maximum atomic E-state index is 11.9.